The van der Waals surface area contributed by atoms with Crippen LogP contribution >= 0.6 is 0 Å². The van der Waals surface area contributed by atoms with Crippen LogP contribution in [0.2, 0.25) is 0 Å². The van der Waals surface area contributed by atoms with Gasteiger partial charge in [-0.3, -0.25) is 9.59 Å². The molecule has 0 bridgehead atoms. The molecule has 0 aromatic heterocycles. The monoisotopic (exact) mass is 273 g/mol. The third kappa shape index (κ3) is 2.09. The Balaban J connectivity index is 2.00. The smallest absolute Gasteiger partial charge is 0.230 e. The molecular weight excluding hydrogens is 254 g/mol. The van der Waals surface area contributed by atoms with Crippen LogP contribution in [0, 0.1) is 5.92 Å². The second kappa shape index (κ2) is 5.27. The van der Waals surface area contributed by atoms with E-state index >= 15 is 0 Å². The minimum atomic E-state index is 0.0920. The highest BCUT2D eigenvalue weighted by molar-refractivity contribution is 6.10. The van der Waals surface area contributed by atoms with Crippen LogP contribution in [0.1, 0.15) is 42.5 Å². The number of amides is 1. The molecule has 1 aromatic carbocycles. The lowest BCUT2D eigenvalue weighted by Crippen LogP contribution is -2.40. The number of carbonyl (C=O) groups is 2. The molecule has 1 amide bonds. The Hall–Kier alpha value is -1.84. The van der Waals surface area contributed by atoms with E-state index < -0.39 is 0 Å². The van der Waals surface area contributed by atoms with Gasteiger partial charge in [-0.2, -0.15) is 0 Å². The van der Waals surface area contributed by atoms with Gasteiger partial charge in [-0.15, -0.1) is 0 Å². The SMILES string of the molecule is COc1cccc2c1N(C(=O)C1CCCC1)CCC2=O. The van der Waals surface area contributed by atoms with Crippen LogP contribution in [0.5, 0.6) is 5.75 Å². The van der Waals surface area contributed by atoms with Crippen molar-refractivity contribution >= 4 is 17.4 Å². The maximum Gasteiger partial charge on any atom is 0.230 e. The largest absolute Gasteiger partial charge is 0.495 e. The van der Waals surface area contributed by atoms with Crippen LogP contribution in [-0.4, -0.2) is 25.3 Å². The Morgan fingerprint density at radius 1 is 1.30 bits per heavy atom. The van der Waals surface area contributed by atoms with E-state index in [9.17, 15) is 9.59 Å². The number of rotatable bonds is 2. The number of hydrogen-bond acceptors (Lipinski definition) is 3. The predicted octanol–water partition coefficient (Wildman–Crippen LogP) is 2.80. The van der Waals surface area contributed by atoms with Crippen molar-refractivity contribution in [1.82, 2.24) is 0 Å². The van der Waals surface area contributed by atoms with Crippen LogP contribution in [0.4, 0.5) is 5.69 Å². The number of carbonyl (C=O) groups excluding carboxylic acids is 2. The van der Waals surface area contributed by atoms with E-state index in [4.69, 9.17) is 4.74 Å². The molecule has 0 atom stereocenters. The summed E-state index contributed by atoms with van der Waals surface area (Å²) in [6.07, 6.45) is 4.59. The van der Waals surface area contributed by atoms with Crippen LogP contribution in [0.15, 0.2) is 18.2 Å². The summed E-state index contributed by atoms with van der Waals surface area (Å²) in [7, 11) is 1.58. The van der Waals surface area contributed by atoms with Gasteiger partial charge < -0.3 is 9.64 Å². The summed E-state index contributed by atoms with van der Waals surface area (Å²) >= 11 is 0. The number of anilines is 1. The molecule has 2 aliphatic rings. The summed E-state index contributed by atoms with van der Waals surface area (Å²) in [5, 5.41) is 0. The molecule has 1 aliphatic carbocycles. The zero-order valence-corrected chi connectivity index (χ0v) is 11.7. The third-order valence-electron chi connectivity index (χ3n) is 4.32. The Bertz CT molecular complexity index is 547. The van der Waals surface area contributed by atoms with Gasteiger partial charge >= 0.3 is 0 Å². The molecule has 20 heavy (non-hydrogen) atoms. The van der Waals surface area contributed by atoms with Crippen molar-refractivity contribution in [3.05, 3.63) is 23.8 Å². The molecule has 3 rings (SSSR count). The highest BCUT2D eigenvalue weighted by atomic mass is 16.5. The standard InChI is InChI=1S/C16H19NO3/c1-20-14-8-4-7-12-13(18)9-10-17(15(12)14)16(19)11-5-2-3-6-11/h4,7-8,11H,2-3,5-6,9-10H2,1H3. The molecule has 4 heteroatoms. The first kappa shape index (κ1) is 13.2. The molecular formula is C16H19NO3. The minimum absolute atomic E-state index is 0.0920. The van der Waals surface area contributed by atoms with Crippen LogP contribution in [0.3, 0.4) is 0 Å². The van der Waals surface area contributed by atoms with E-state index in [2.05, 4.69) is 0 Å². The fourth-order valence-corrected chi connectivity index (χ4v) is 3.26. The summed E-state index contributed by atoms with van der Waals surface area (Å²) in [5.74, 6) is 0.970. The number of ether oxygens (including phenoxy) is 1. The van der Waals surface area contributed by atoms with Crippen molar-refractivity contribution in [1.29, 1.82) is 0 Å². The van der Waals surface area contributed by atoms with E-state index in [0.29, 0.717) is 30.0 Å². The first-order valence-electron chi connectivity index (χ1n) is 7.24. The minimum Gasteiger partial charge on any atom is -0.495 e. The van der Waals surface area contributed by atoms with Gasteiger partial charge in [-0.05, 0) is 25.0 Å². The lowest BCUT2D eigenvalue weighted by molar-refractivity contribution is -0.122. The van der Waals surface area contributed by atoms with Gasteiger partial charge in [0.2, 0.25) is 5.91 Å². The third-order valence-corrected chi connectivity index (χ3v) is 4.32. The number of benzene rings is 1. The summed E-state index contributed by atoms with van der Waals surface area (Å²) in [6.45, 7) is 0.474. The van der Waals surface area contributed by atoms with Crippen molar-refractivity contribution in [2.45, 2.75) is 32.1 Å². The number of para-hydroxylation sites is 1. The zero-order valence-electron chi connectivity index (χ0n) is 11.7. The number of ketones is 1. The average Bonchev–Trinajstić information content (AvgIpc) is 3.01. The number of Topliss-reactive ketones (excluding diaryl/α,β-unsaturated/α-hetero) is 1. The quantitative estimate of drug-likeness (QED) is 0.832. The zero-order chi connectivity index (χ0) is 14.1. The molecule has 4 nitrogen and oxygen atoms in total. The van der Waals surface area contributed by atoms with Gasteiger partial charge in [0.1, 0.15) is 5.75 Å². The second-order valence-corrected chi connectivity index (χ2v) is 5.50. The maximum absolute atomic E-state index is 12.7. The highest BCUT2D eigenvalue weighted by Gasteiger charge is 2.34. The van der Waals surface area contributed by atoms with E-state index in [1.54, 1.807) is 24.1 Å². The van der Waals surface area contributed by atoms with E-state index in [-0.39, 0.29) is 17.6 Å². The Morgan fingerprint density at radius 3 is 2.75 bits per heavy atom. The van der Waals surface area contributed by atoms with Gasteiger partial charge in [-0.25, -0.2) is 0 Å². The summed E-state index contributed by atoms with van der Waals surface area (Å²) in [6, 6.07) is 5.40. The van der Waals surface area contributed by atoms with Crippen molar-refractivity contribution in [3.8, 4) is 5.75 Å². The van der Waals surface area contributed by atoms with E-state index in [1.807, 2.05) is 6.07 Å². The van der Waals surface area contributed by atoms with E-state index in [1.165, 1.54) is 0 Å². The molecule has 1 heterocycles. The number of hydrogen-bond donors (Lipinski definition) is 0. The molecule has 106 valence electrons. The number of nitrogens with zero attached hydrogens (tertiary/aromatic N) is 1. The topological polar surface area (TPSA) is 46.6 Å². The number of methoxy groups -OCH3 is 1. The first-order chi connectivity index (χ1) is 9.72. The maximum atomic E-state index is 12.7. The van der Waals surface area contributed by atoms with Crippen LogP contribution in [0.25, 0.3) is 0 Å². The molecule has 0 radical (unpaired) electrons. The molecule has 0 saturated heterocycles. The highest BCUT2D eigenvalue weighted by Crippen LogP contribution is 2.38. The van der Waals surface area contributed by atoms with Crippen molar-refractivity contribution in [2.75, 3.05) is 18.6 Å². The van der Waals surface area contributed by atoms with Gasteiger partial charge in [0.05, 0.1) is 12.8 Å². The van der Waals surface area contributed by atoms with Crippen molar-refractivity contribution < 1.29 is 14.3 Å². The molecule has 0 spiro atoms. The summed E-state index contributed by atoms with van der Waals surface area (Å²) in [5.41, 5.74) is 1.28. The fraction of sp³-hybridized carbons (Fsp3) is 0.500. The number of fused-ring (bicyclic) bond motifs is 1. The Kier molecular flexibility index (Phi) is 3.47. The van der Waals surface area contributed by atoms with Crippen LogP contribution < -0.4 is 9.64 Å². The van der Waals surface area contributed by atoms with Crippen molar-refractivity contribution in [3.63, 3.8) is 0 Å². The van der Waals surface area contributed by atoms with E-state index in [0.717, 1.165) is 25.7 Å². The van der Waals surface area contributed by atoms with Crippen LogP contribution in [-0.2, 0) is 4.79 Å². The first-order valence-corrected chi connectivity index (χ1v) is 7.24. The van der Waals surface area contributed by atoms with Gasteiger partial charge in [-0.1, -0.05) is 18.9 Å². The van der Waals surface area contributed by atoms with Gasteiger partial charge in [0.15, 0.2) is 5.78 Å². The molecule has 1 saturated carbocycles. The fourth-order valence-electron chi connectivity index (χ4n) is 3.26. The molecule has 0 unspecified atom stereocenters. The Morgan fingerprint density at radius 2 is 2.05 bits per heavy atom. The normalized spacial score (nSPS) is 19.1. The second-order valence-electron chi connectivity index (χ2n) is 5.50. The lowest BCUT2D eigenvalue weighted by Gasteiger charge is -2.32. The predicted molar refractivity (Wildman–Crippen MR) is 76.3 cm³/mol. The lowest BCUT2D eigenvalue weighted by atomic mass is 9.97. The summed E-state index contributed by atoms with van der Waals surface area (Å²) < 4.78 is 5.36. The molecule has 1 aliphatic heterocycles. The Labute approximate surface area is 118 Å². The van der Waals surface area contributed by atoms with Gasteiger partial charge in [0.25, 0.3) is 0 Å². The molecule has 1 fully saturated rings. The molecule has 0 N–H and O–H groups in total. The molecule has 1 aromatic rings. The average molecular weight is 273 g/mol. The van der Waals surface area contributed by atoms with Gasteiger partial charge in [0, 0.05) is 24.4 Å². The summed E-state index contributed by atoms with van der Waals surface area (Å²) in [4.78, 5) is 26.5. The van der Waals surface area contributed by atoms with Crippen molar-refractivity contribution in [2.24, 2.45) is 5.92 Å².